The van der Waals surface area contributed by atoms with Crippen LogP contribution in [0.25, 0.3) is 10.9 Å². The third-order valence-electron chi connectivity index (χ3n) is 8.55. The fourth-order valence-electron chi connectivity index (χ4n) is 5.45. The molecule has 0 aliphatic carbocycles. The first-order chi connectivity index (χ1) is 24.6. The zero-order chi connectivity index (χ0) is 38.3. The number of carbonyl (C=O) groups is 5. The maximum absolute atomic E-state index is 13.5. The number of aliphatic hydroxyl groups is 1. The Bertz CT molecular complexity index is 1950. The van der Waals surface area contributed by atoms with Crippen LogP contribution in [0.15, 0.2) is 64.3 Å². The molecule has 280 valence electrons. The number of nitrogens with two attached hydrogens (primary N) is 2. The summed E-state index contributed by atoms with van der Waals surface area (Å²) in [6.07, 6.45) is 1.25. The van der Waals surface area contributed by atoms with Gasteiger partial charge in [-0.25, -0.2) is 14.4 Å². The van der Waals surface area contributed by atoms with Crippen LogP contribution in [0.3, 0.4) is 0 Å². The number of para-hydroxylation sites is 1. The third-order valence-corrected chi connectivity index (χ3v) is 8.55. The van der Waals surface area contributed by atoms with Crippen LogP contribution in [-0.2, 0) is 30.3 Å². The summed E-state index contributed by atoms with van der Waals surface area (Å²) in [7, 11) is 1.35. The minimum absolute atomic E-state index is 0.0450. The largest absolute Gasteiger partial charge is 0.480 e. The Labute approximate surface area is 295 Å². The van der Waals surface area contributed by atoms with Gasteiger partial charge in [0.25, 0.3) is 5.56 Å². The lowest BCUT2D eigenvalue weighted by molar-refractivity contribution is -0.139. The summed E-state index contributed by atoms with van der Waals surface area (Å²) < 4.78 is 6.59. The number of carbonyl (C=O) groups excluding carboxylic acids is 4. The molecular weight excluding hydrogens is 684 g/mol. The highest BCUT2D eigenvalue weighted by atomic mass is 16.5. The van der Waals surface area contributed by atoms with Crippen LogP contribution in [0.5, 0.6) is 0 Å². The molecule has 0 saturated carbocycles. The van der Waals surface area contributed by atoms with Gasteiger partial charge in [0, 0.05) is 62.0 Å². The zero-order valence-electron chi connectivity index (χ0n) is 28.5. The van der Waals surface area contributed by atoms with E-state index in [0.29, 0.717) is 5.56 Å². The molecule has 0 radical (unpaired) electrons. The minimum Gasteiger partial charge on any atom is -0.480 e. The van der Waals surface area contributed by atoms with Crippen LogP contribution in [0.1, 0.15) is 32.1 Å². The summed E-state index contributed by atoms with van der Waals surface area (Å²) in [4.78, 5) is 94.4. The molecule has 52 heavy (non-hydrogen) atoms. The summed E-state index contributed by atoms with van der Waals surface area (Å²) in [6, 6.07) is 1.08. The van der Waals surface area contributed by atoms with Crippen molar-refractivity contribution in [2.75, 3.05) is 13.6 Å². The average Bonchev–Trinajstić information content (AvgIpc) is 3.70. The number of nitrogens with one attached hydrogen (secondary N) is 6. The number of likely N-dealkylation sites (N-methyl/N-ethyl adjacent to an activating group) is 1. The summed E-state index contributed by atoms with van der Waals surface area (Å²) in [6.45, 7) is 2.57. The van der Waals surface area contributed by atoms with Crippen molar-refractivity contribution in [3.8, 4) is 0 Å². The molecule has 0 spiro atoms. The molecule has 20 nitrogen and oxygen atoms in total. The van der Waals surface area contributed by atoms with Gasteiger partial charge in [0.15, 0.2) is 0 Å². The van der Waals surface area contributed by atoms with Crippen molar-refractivity contribution in [1.82, 2.24) is 40.7 Å². The predicted octanol–water partition coefficient (Wildman–Crippen LogP) is -2.74. The maximum Gasteiger partial charge on any atom is 0.331 e. The fraction of sp³-hybridized carbons (Fsp3) is 0.406. The van der Waals surface area contributed by atoms with Gasteiger partial charge in [0.05, 0.1) is 12.1 Å². The standard InChI is InChI=1S/C32H42N10O10/c1-15(37-31(50)38-22(30(48)49)10-17-13-35-21-7-5-4-6-19(17)21)26(45)40-25(16(2)41(3)28(47)20(34)12-33)27(46)36-14-18-11-23(43)29(52-18)42-9-8-24(44)39-32(42)51/h4-9,13-16,20,22-23,25,29,35,43H,10-12,33-34H2,1-3H3,(H,36,46)(H,40,45)(H,48,49)(H2,37,38,50)(H,39,44,51)/b18-14-/t15-,16+,20+,22+,23-,25+,29-/m1/s1. The molecule has 1 fully saturated rings. The quantitative estimate of drug-likeness (QED) is 0.0809. The molecule has 1 aliphatic rings. The lowest BCUT2D eigenvalue weighted by atomic mass is 10.1. The Kier molecular flexibility index (Phi) is 12.5. The first kappa shape index (κ1) is 38.8. The van der Waals surface area contributed by atoms with Gasteiger partial charge in [-0.05, 0) is 25.5 Å². The Balaban J connectivity index is 1.45. The van der Waals surface area contributed by atoms with E-state index >= 15 is 0 Å². The topological polar surface area (TPSA) is 309 Å². The molecule has 5 amide bonds. The highest BCUT2D eigenvalue weighted by Crippen LogP contribution is 2.29. The lowest BCUT2D eigenvalue weighted by Crippen LogP contribution is -2.62. The first-order valence-electron chi connectivity index (χ1n) is 16.1. The van der Waals surface area contributed by atoms with Crippen molar-refractivity contribution >= 4 is 40.6 Å². The van der Waals surface area contributed by atoms with E-state index in [4.69, 9.17) is 16.2 Å². The second-order valence-electron chi connectivity index (χ2n) is 12.2. The van der Waals surface area contributed by atoms with Crippen LogP contribution in [0.2, 0.25) is 0 Å². The number of amides is 5. The van der Waals surface area contributed by atoms with Crippen molar-refractivity contribution < 1.29 is 38.9 Å². The predicted molar refractivity (Wildman–Crippen MR) is 184 cm³/mol. The number of carboxylic acids is 1. The molecule has 2 aromatic heterocycles. The number of H-pyrrole nitrogens is 2. The molecule has 7 atom stereocenters. The molecule has 3 aromatic rings. The number of aliphatic carboxylic acids is 1. The van der Waals surface area contributed by atoms with Crippen molar-refractivity contribution in [2.24, 2.45) is 11.5 Å². The SMILES string of the molecule is C[C@@H](NC(=O)N[C@@H](Cc1c[nH]c2ccccc12)C(=O)O)C(=O)N[C@H](C(=O)N/C=C1/C[C@@H](O)[C@H](n2ccc(=O)[nH]c2=O)O1)[C@H](C)N(C)C(=O)[C@@H](N)CN. The van der Waals surface area contributed by atoms with Crippen LogP contribution in [0.4, 0.5) is 4.79 Å². The van der Waals surface area contributed by atoms with Crippen LogP contribution in [0, 0.1) is 0 Å². The number of aromatic nitrogens is 3. The molecule has 1 aromatic carbocycles. The number of urea groups is 1. The second-order valence-corrected chi connectivity index (χ2v) is 12.2. The van der Waals surface area contributed by atoms with E-state index in [2.05, 4.69) is 31.2 Å². The van der Waals surface area contributed by atoms with E-state index in [-0.39, 0.29) is 25.1 Å². The van der Waals surface area contributed by atoms with E-state index < -0.39 is 83.5 Å². The number of aliphatic hydroxyl groups excluding tert-OH is 1. The first-order valence-corrected chi connectivity index (χ1v) is 16.1. The molecule has 0 bridgehead atoms. The minimum atomic E-state index is -1.46. The van der Waals surface area contributed by atoms with Crippen LogP contribution in [-0.4, -0.2) is 109 Å². The van der Waals surface area contributed by atoms with E-state index in [1.807, 2.05) is 18.2 Å². The number of carboxylic acid groups (broad SMARTS) is 1. The van der Waals surface area contributed by atoms with Crippen molar-refractivity contribution in [3.63, 3.8) is 0 Å². The summed E-state index contributed by atoms with van der Waals surface area (Å²) in [5.41, 5.74) is 11.3. The van der Waals surface area contributed by atoms with Gasteiger partial charge in [-0.15, -0.1) is 0 Å². The molecule has 0 unspecified atom stereocenters. The smallest absolute Gasteiger partial charge is 0.331 e. The number of aromatic amines is 2. The van der Waals surface area contributed by atoms with Crippen LogP contribution >= 0.6 is 0 Å². The van der Waals surface area contributed by atoms with Crippen molar-refractivity contribution in [3.05, 3.63) is 81.1 Å². The molecule has 1 saturated heterocycles. The normalized spacial score (nSPS) is 19.1. The van der Waals surface area contributed by atoms with Gasteiger partial charge in [-0.2, -0.15) is 0 Å². The summed E-state index contributed by atoms with van der Waals surface area (Å²) in [5, 5.41) is 30.7. The van der Waals surface area contributed by atoms with E-state index in [0.717, 1.165) is 38.8 Å². The molecule has 3 heterocycles. The Morgan fingerprint density at radius 2 is 1.81 bits per heavy atom. The summed E-state index contributed by atoms with van der Waals surface area (Å²) in [5.74, 6) is -3.61. The van der Waals surface area contributed by atoms with Gasteiger partial charge in [-0.1, -0.05) is 18.2 Å². The van der Waals surface area contributed by atoms with E-state index in [1.165, 1.54) is 20.9 Å². The van der Waals surface area contributed by atoms with E-state index in [9.17, 15) is 43.8 Å². The maximum atomic E-state index is 13.5. The number of rotatable bonds is 14. The van der Waals surface area contributed by atoms with Gasteiger partial charge in [0.1, 0.15) is 30.0 Å². The number of hydrogen-bond acceptors (Lipinski definition) is 11. The number of fused-ring (bicyclic) bond motifs is 1. The number of benzene rings is 1. The van der Waals surface area contributed by atoms with Gasteiger partial charge >= 0.3 is 17.7 Å². The van der Waals surface area contributed by atoms with Gasteiger partial charge < -0.3 is 57.6 Å². The number of hydrogen-bond donors (Lipinski definition) is 10. The Morgan fingerprint density at radius 1 is 1.10 bits per heavy atom. The van der Waals surface area contributed by atoms with Gasteiger partial charge in [0.2, 0.25) is 23.9 Å². The van der Waals surface area contributed by atoms with Crippen molar-refractivity contribution in [1.29, 1.82) is 0 Å². The Hall–Kier alpha value is -5.99. The highest BCUT2D eigenvalue weighted by Gasteiger charge is 2.36. The molecule has 12 N–H and O–H groups in total. The highest BCUT2D eigenvalue weighted by molar-refractivity contribution is 5.93. The summed E-state index contributed by atoms with van der Waals surface area (Å²) >= 11 is 0. The average molecular weight is 727 g/mol. The van der Waals surface area contributed by atoms with Crippen LogP contribution < -0.4 is 44.0 Å². The molecule has 20 heteroatoms. The second kappa shape index (κ2) is 16.8. The fourth-order valence-corrected chi connectivity index (χ4v) is 5.45. The number of ether oxygens (including phenoxy) is 1. The lowest BCUT2D eigenvalue weighted by Gasteiger charge is -2.33. The van der Waals surface area contributed by atoms with Gasteiger partial charge in [-0.3, -0.25) is 28.7 Å². The molecule has 1 aliphatic heterocycles. The molecule has 4 rings (SSSR count). The molecular formula is C32H42N10O10. The Morgan fingerprint density at radius 3 is 2.48 bits per heavy atom. The third kappa shape index (κ3) is 9.21. The van der Waals surface area contributed by atoms with E-state index in [1.54, 1.807) is 12.3 Å². The zero-order valence-corrected chi connectivity index (χ0v) is 28.5. The number of nitrogens with zero attached hydrogens (tertiary/aromatic N) is 2. The monoisotopic (exact) mass is 726 g/mol. The van der Waals surface area contributed by atoms with Crippen molar-refractivity contribution in [2.45, 2.75) is 69.2 Å².